The lowest BCUT2D eigenvalue weighted by molar-refractivity contribution is -0.179. The Labute approximate surface area is 108 Å². The lowest BCUT2D eigenvalue weighted by Gasteiger charge is -2.17. The van der Waals surface area contributed by atoms with Gasteiger partial charge in [0.15, 0.2) is 6.29 Å². The van der Waals surface area contributed by atoms with E-state index < -0.39 is 24.1 Å². The fraction of sp³-hybridized carbons (Fsp3) is 0.727. The Bertz CT molecular complexity index is 407. The molecule has 3 fully saturated rings. The molecule has 3 aliphatic rings. The van der Waals surface area contributed by atoms with E-state index in [0.717, 1.165) is 6.42 Å². The number of nitrogens with zero attached hydrogens (tertiary/aromatic N) is 1. The van der Waals surface area contributed by atoms with Gasteiger partial charge in [0.25, 0.3) is 11.8 Å². The molecule has 104 valence electrons. The van der Waals surface area contributed by atoms with Gasteiger partial charge in [-0.3, -0.25) is 14.4 Å². The number of hydroxylamine groups is 2. The molecule has 0 saturated carbocycles. The first kappa shape index (κ1) is 12.4. The zero-order valence-electron chi connectivity index (χ0n) is 10.1. The fourth-order valence-electron chi connectivity index (χ4n) is 2.43. The van der Waals surface area contributed by atoms with E-state index in [9.17, 15) is 14.4 Å². The number of amides is 2. The van der Waals surface area contributed by atoms with Gasteiger partial charge in [-0.25, -0.2) is 4.79 Å². The van der Waals surface area contributed by atoms with Crippen molar-refractivity contribution in [1.82, 2.24) is 5.06 Å². The molecule has 0 aromatic heterocycles. The first-order valence-electron chi connectivity index (χ1n) is 6.13. The van der Waals surface area contributed by atoms with Crippen molar-refractivity contribution in [3.05, 3.63) is 0 Å². The molecule has 0 N–H and O–H groups in total. The van der Waals surface area contributed by atoms with E-state index in [0.29, 0.717) is 11.7 Å². The van der Waals surface area contributed by atoms with Crippen LogP contribution in [0.15, 0.2) is 0 Å². The molecule has 8 heteroatoms. The highest BCUT2D eigenvalue weighted by atomic mass is 16.8. The molecular weight excluding hydrogens is 258 g/mol. The molecule has 0 bridgehead atoms. The van der Waals surface area contributed by atoms with Crippen molar-refractivity contribution in [2.75, 3.05) is 13.2 Å². The van der Waals surface area contributed by atoms with Crippen molar-refractivity contribution < 1.29 is 33.4 Å². The van der Waals surface area contributed by atoms with Gasteiger partial charge in [-0.2, -0.15) is 0 Å². The molecule has 0 aliphatic carbocycles. The Kier molecular flexibility index (Phi) is 3.11. The summed E-state index contributed by atoms with van der Waals surface area (Å²) >= 11 is 0. The van der Waals surface area contributed by atoms with E-state index in [1.54, 1.807) is 0 Å². The molecule has 3 atom stereocenters. The quantitative estimate of drug-likeness (QED) is 0.514. The molecule has 2 amide bonds. The lowest BCUT2D eigenvalue weighted by Crippen LogP contribution is -2.35. The van der Waals surface area contributed by atoms with Crippen LogP contribution in [0, 0.1) is 5.92 Å². The number of hydrogen-bond donors (Lipinski definition) is 0. The molecule has 0 spiro atoms. The van der Waals surface area contributed by atoms with Gasteiger partial charge in [0.2, 0.25) is 0 Å². The number of ether oxygens (including phenoxy) is 3. The van der Waals surface area contributed by atoms with Crippen molar-refractivity contribution in [1.29, 1.82) is 0 Å². The van der Waals surface area contributed by atoms with Crippen molar-refractivity contribution in [2.24, 2.45) is 5.92 Å². The zero-order chi connectivity index (χ0) is 13.4. The fourth-order valence-corrected chi connectivity index (χ4v) is 2.43. The maximum atomic E-state index is 11.5. The lowest BCUT2D eigenvalue weighted by atomic mass is 10.0. The minimum Gasteiger partial charge on any atom is -0.426 e. The van der Waals surface area contributed by atoms with E-state index in [4.69, 9.17) is 14.2 Å². The van der Waals surface area contributed by atoms with Gasteiger partial charge in [-0.15, -0.1) is 0 Å². The number of carbonyl (C=O) groups excluding carboxylic acids is 3. The molecule has 2 unspecified atom stereocenters. The largest absolute Gasteiger partial charge is 0.534 e. The van der Waals surface area contributed by atoms with Crippen LogP contribution in [0.1, 0.15) is 19.3 Å². The molecule has 0 aromatic carbocycles. The van der Waals surface area contributed by atoms with Crippen molar-refractivity contribution in [3.8, 4) is 0 Å². The van der Waals surface area contributed by atoms with Crippen LogP contribution in [-0.4, -0.2) is 48.6 Å². The highest BCUT2D eigenvalue weighted by Gasteiger charge is 2.44. The number of carbonyl (C=O) groups is 3. The predicted molar refractivity (Wildman–Crippen MR) is 56.2 cm³/mol. The molecule has 3 rings (SSSR count). The maximum Gasteiger partial charge on any atom is 0.534 e. The van der Waals surface area contributed by atoms with Crippen molar-refractivity contribution in [2.45, 2.75) is 31.7 Å². The number of hydrogen-bond acceptors (Lipinski definition) is 7. The summed E-state index contributed by atoms with van der Waals surface area (Å²) < 4.78 is 15.7. The predicted octanol–water partition coefficient (Wildman–Crippen LogP) is -0.0350. The topological polar surface area (TPSA) is 91.4 Å². The first-order chi connectivity index (χ1) is 9.15. The Morgan fingerprint density at radius 2 is 1.95 bits per heavy atom. The zero-order valence-corrected chi connectivity index (χ0v) is 10.1. The SMILES string of the molecule is O=C(OC1CO[C@H]2OCCC12)ON1C(=O)CCC1=O. The van der Waals surface area contributed by atoms with Gasteiger partial charge in [0.05, 0.1) is 19.1 Å². The summed E-state index contributed by atoms with van der Waals surface area (Å²) in [6, 6.07) is 0. The van der Waals surface area contributed by atoms with E-state index in [1.165, 1.54) is 0 Å². The third-order valence-electron chi connectivity index (χ3n) is 3.40. The summed E-state index contributed by atoms with van der Waals surface area (Å²) in [4.78, 5) is 38.7. The van der Waals surface area contributed by atoms with E-state index in [1.807, 2.05) is 0 Å². The van der Waals surface area contributed by atoms with E-state index >= 15 is 0 Å². The van der Waals surface area contributed by atoms with Crippen LogP contribution < -0.4 is 0 Å². The van der Waals surface area contributed by atoms with Gasteiger partial charge in [-0.1, -0.05) is 5.06 Å². The maximum absolute atomic E-state index is 11.5. The summed E-state index contributed by atoms with van der Waals surface area (Å²) in [6.07, 6.45) is -1.02. The highest BCUT2D eigenvalue weighted by molar-refractivity contribution is 6.01. The van der Waals surface area contributed by atoms with Gasteiger partial charge in [0, 0.05) is 12.8 Å². The highest BCUT2D eigenvalue weighted by Crippen LogP contribution is 2.33. The molecule has 3 aliphatic heterocycles. The minimum absolute atomic E-state index is 0.0162. The molecular formula is C11H13NO7. The summed E-state index contributed by atoms with van der Waals surface area (Å²) in [5.41, 5.74) is 0. The summed E-state index contributed by atoms with van der Waals surface area (Å²) in [5.74, 6) is -1.09. The smallest absolute Gasteiger partial charge is 0.426 e. The van der Waals surface area contributed by atoms with Crippen LogP contribution >= 0.6 is 0 Å². The average Bonchev–Trinajstić information content (AvgIpc) is 3.03. The Balaban J connectivity index is 1.54. The number of rotatable bonds is 2. The Morgan fingerprint density at radius 3 is 2.68 bits per heavy atom. The number of imide groups is 1. The third-order valence-corrected chi connectivity index (χ3v) is 3.40. The third kappa shape index (κ3) is 2.28. The van der Waals surface area contributed by atoms with Gasteiger partial charge in [-0.05, 0) is 6.42 Å². The van der Waals surface area contributed by atoms with Crippen LogP contribution in [0.3, 0.4) is 0 Å². The minimum atomic E-state index is -1.07. The van der Waals surface area contributed by atoms with E-state index in [2.05, 4.69) is 4.84 Å². The average molecular weight is 271 g/mol. The van der Waals surface area contributed by atoms with Gasteiger partial charge >= 0.3 is 6.16 Å². The van der Waals surface area contributed by atoms with Crippen LogP contribution in [0.25, 0.3) is 0 Å². The monoisotopic (exact) mass is 271 g/mol. The summed E-state index contributed by atoms with van der Waals surface area (Å²) in [5, 5.41) is 0.459. The van der Waals surface area contributed by atoms with Crippen LogP contribution in [-0.2, 0) is 28.6 Å². The Morgan fingerprint density at radius 1 is 1.21 bits per heavy atom. The normalized spacial score (nSPS) is 33.7. The van der Waals surface area contributed by atoms with Crippen molar-refractivity contribution in [3.63, 3.8) is 0 Å². The molecule has 8 nitrogen and oxygen atoms in total. The summed E-state index contributed by atoms with van der Waals surface area (Å²) in [6.45, 7) is 0.791. The van der Waals surface area contributed by atoms with Gasteiger partial charge < -0.3 is 14.2 Å². The van der Waals surface area contributed by atoms with Crippen LogP contribution in [0.5, 0.6) is 0 Å². The molecule has 19 heavy (non-hydrogen) atoms. The second kappa shape index (κ2) is 4.78. The molecule has 3 saturated heterocycles. The first-order valence-corrected chi connectivity index (χ1v) is 6.13. The molecule has 0 radical (unpaired) electrons. The number of fused-ring (bicyclic) bond motifs is 1. The summed E-state index contributed by atoms with van der Waals surface area (Å²) in [7, 11) is 0. The van der Waals surface area contributed by atoms with Crippen LogP contribution in [0.2, 0.25) is 0 Å². The standard InChI is InChI=1S/C11H13NO7/c13-8-1-2-9(14)12(8)19-11(15)18-7-5-17-10-6(7)3-4-16-10/h6-7,10H,1-5H2/t6?,7?,10-/m1/s1. The Hall–Kier alpha value is -1.67. The molecule has 0 aromatic rings. The van der Waals surface area contributed by atoms with E-state index in [-0.39, 0.29) is 31.7 Å². The van der Waals surface area contributed by atoms with Crippen molar-refractivity contribution >= 4 is 18.0 Å². The second-order valence-corrected chi connectivity index (χ2v) is 4.60. The molecule has 3 heterocycles. The van der Waals surface area contributed by atoms with Crippen LogP contribution in [0.4, 0.5) is 4.79 Å². The van der Waals surface area contributed by atoms with Gasteiger partial charge in [0.1, 0.15) is 6.10 Å². The second-order valence-electron chi connectivity index (χ2n) is 4.60.